The smallest absolute Gasteiger partial charge is 0.228 e. The first-order valence-electron chi connectivity index (χ1n) is 6.95. The van der Waals surface area contributed by atoms with E-state index in [1.807, 2.05) is 20.8 Å². The third-order valence-corrected chi connectivity index (χ3v) is 4.16. The molecule has 1 aliphatic rings. The molecule has 0 aromatic heterocycles. The Bertz CT molecular complexity index is 570. The molecule has 0 heterocycles. The van der Waals surface area contributed by atoms with Crippen molar-refractivity contribution in [2.24, 2.45) is 17.3 Å². The van der Waals surface area contributed by atoms with Crippen LogP contribution in [0.15, 0.2) is 29.8 Å². The Morgan fingerprint density at radius 1 is 1.35 bits per heavy atom. The Hall–Kier alpha value is -1.64. The van der Waals surface area contributed by atoms with Crippen LogP contribution in [-0.2, 0) is 4.79 Å². The number of anilines is 1. The summed E-state index contributed by atoms with van der Waals surface area (Å²) in [5.74, 6) is -0.130. The molecule has 1 aliphatic carbocycles. The minimum Gasteiger partial charge on any atom is -0.325 e. The number of hydrogen-bond donors (Lipinski definition) is 1. The second-order valence-corrected chi connectivity index (χ2v) is 6.52. The first kappa shape index (κ1) is 14.8. The molecule has 0 aliphatic heterocycles. The first-order valence-corrected chi connectivity index (χ1v) is 6.95. The lowest BCUT2D eigenvalue weighted by Gasteiger charge is -2.09. The predicted octanol–water partition coefficient (Wildman–Crippen LogP) is 4.31. The molecule has 1 amide bonds. The summed E-state index contributed by atoms with van der Waals surface area (Å²) >= 11 is 0. The van der Waals surface area contributed by atoms with Gasteiger partial charge in [-0.3, -0.25) is 4.79 Å². The highest BCUT2D eigenvalue weighted by Gasteiger charge is 2.60. The molecule has 0 radical (unpaired) electrons. The van der Waals surface area contributed by atoms with E-state index >= 15 is 0 Å². The van der Waals surface area contributed by atoms with Crippen LogP contribution >= 0.6 is 0 Å². The Morgan fingerprint density at radius 2 is 2.00 bits per heavy atom. The molecule has 0 saturated heterocycles. The number of halogens is 1. The Kier molecular flexibility index (Phi) is 3.72. The summed E-state index contributed by atoms with van der Waals surface area (Å²) in [7, 11) is 0. The van der Waals surface area contributed by atoms with Crippen LogP contribution < -0.4 is 5.32 Å². The third kappa shape index (κ3) is 2.77. The number of rotatable bonds is 3. The van der Waals surface area contributed by atoms with E-state index in [9.17, 15) is 9.18 Å². The van der Waals surface area contributed by atoms with Gasteiger partial charge in [0.1, 0.15) is 5.82 Å². The summed E-state index contributed by atoms with van der Waals surface area (Å²) in [5, 5.41) is 2.86. The number of amides is 1. The number of aryl methyl sites for hydroxylation is 1. The highest BCUT2D eigenvalue weighted by molar-refractivity contribution is 5.96. The Balaban J connectivity index is 2.14. The van der Waals surface area contributed by atoms with Gasteiger partial charge in [0, 0.05) is 5.69 Å². The highest BCUT2D eigenvalue weighted by Crippen LogP contribution is 2.59. The predicted molar refractivity (Wildman–Crippen MR) is 80.0 cm³/mol. The Morgan fingerprint density at radius 3 is 2.60 bits per heavy atom. The average molecular weight is 275 g/mol. The van der Waals surface area contributed by atoms with E-state index in [-0.39, 0.29) is 29.0 Å². The monoisotopic (exact) mass is 275 g/mol. The maximum atomic E-state index is 13.3. The SMILES string of the molecule is CC(C)=CC1C(C(=O)Nc2cc(F)ccc2C)C1(C)C. The Labute approximate surface area is 120 Å². The molecule has 1 saturated carbocycles. The van der Waals surface area contributed by atoms with E-state index in [1.54, 1.807) is 6.07 Å². The van der Waals surface area contributed by atoms with Crippen molar-refractivity contribution >= 4 is 11.6 Å². The van der Waals surface area contributed by atoms with Crippen LogP contribution in [0.2, 0.25) is 0 Å². The topological polar surface area (TPSA) is 29.1 Å². The summed E-state index contributed by atoms with van der Waals surface area (Å²) in [4.78, 5) is 12.4. The molecule has 1 aromatic rings. The molecule has 1 N–H and O–H groups in total. The minimum absolute atomic E-state index is 0.0220. The maximum Gasteiger partial charge on any atom is 0.228 e. The lowest BCUT2D eigenvalue weighted by Crippen LogP contribution is -2.17. The van der Waals surface area contributed by atoms with Gasteiger partial charge in [0.15, 0.2) is 0 Å². The van der Waals surface area contributed by atoms with Crippen molar-refractivity contribution in [2.45, 2.75) is 34.6 Å². The van der Waals surface area contributed by atoms with E-state index in [0.29, 0.717) is 5.69 Å². The van der Waals surface area contributed by atoms with Crippen molar-refractivity contribution in [1.82, 2.24) is 0 Å². The summed E-state index contributed by atoms with van der Waals surface area (Å²) in [6.07, 6.45) is 2.16. The van der Waals surface area contributed by atoms with Crippen molar-refractivity contribution in [1.29, 1.82) is 0 Å². The van der Waals surface area contributed by atoms with Gasteiger partial charge in [-0.1, -0.05) is 31.6 Å². The minimum atomic E-state index is -0.332. The van der Waals surface area contributed by atoms with E-state index in [1.165, 1.54) is 17.7 Å². The van der Waals surface area contributed by atoms with E-state index in [2.05, 4.69) is 25.2 Å². The standard InChI is InChI=1S/C17H22FNO/c1-10(2)8-13-15(17(13,4)5)16(20)19-14-9-12(18)7-6-11(14)3/h6-9,13,15H,1-5H3,(H,19,20). The van der Waals surface area contributed by atoms with Crippen molar-refractivity contribution in [2.75, 3.05) is 5.32 Å². The number of allylic oxidation sites excluding steroid dienone is 2. The third-order valence-electron chi connectivity index (χ3n) is 4.16. The van der Waals surface area contributed by atoms with Gasteiger partial charge < -0.3 is 5.32 Å². The fraction of sp³-hybridized carbons (Fsp3) is 0.471. The average Bonchev–Trinajstić information content (AvgIpc) is 2.84. The van der Waals surface area contributed by atoms with Gasteiger partial charge in [0.2, 0.25) is 5.91 Å². The quantitative estimate of drug-likeness (QED) is 0.818. The summed E-state index contributed by atoms with van der Waals surface area (Å²) < 4.78 is 13.3. The normalized spacial score (nSPS) is 23.1. The molecule has 0 bridgehead atoms. The van der Waals surface area contributed by atoms with Crippen LogP contribution in [0.5, 0.6) is 0 Å². The molecule has 2 nitrogen and oxygen atoms in total. The number of hydrogen-bond acceptors (Lipinski definition) is 1. The summed E-state index contributed by atoms with van der Waals surface area (Å²) in [5.41, 5.74) is 2.63. The van der Waals surface area contributed by atoms with Gasteiger partial charge >= 0.3 is 0 Å². The maximum absolute atomic E-state index is 13.3. The number of carbonyl (C=O) groups excluding carboxylic acids is 1. The van der Waals surface area contributed by atoms with Crippen molar-refractivity contribution in [3.63, 3.8) is 0 Å². The van der Waals surface area contributed by atoms with Crippen molar-refractivity contribution < 1.29 is 9.18 Å². The first-order chi connectivity index (χ1) is 9.23. The summed E-state index contributed by atoms with van der Waals surface area (Å²) in [6, 6.07) is 4.45. The molecule has 2 rings (SSSR count). The number of benzene rings is 1. The van der Waals surface area contributed by atoms with Gasteiger partial charge in [-0.2, -0.15) is 0 Å². The molecule has 108 valence electrons. The summed E-state index contributed by atoms with van der Waals surface area (Å²) in [6.45, 7) is 10.1. The molecule has 1 aromatic carbocycles. The fourth-order valence-corrected chi connectivity index (χ4v) is 2.79. The molecule has 20 heavy (non-hydrogen) atoms. The van der Waals surface area contributed by atoms with E-state index < -0.39 is 0 Å². The lowest BCUT2D eigenvalue weighted by molar-refractivity contribution is -0.118. The van der Waals surface area contributed by atoms with E-state index in [4.69, 9.17) is 0 Å². The van der Waals surface area contributed by atoms with Crippen LogP contribution in [0.1, 0.15) is 33.3 Å². The van der Waals surface area contributed by atoms with Crippen LogP contribution in [0, 0.1) is 30.0 Å². The second kappa shape index (κ2) is 5.04. The molecular formula is C17H22FNO. The highest BCUT2D eigenvalue weighted by atomic mass is 19.1. The van der Waals surface area contributed by atoms with Gasteiger partial charge in [-0.15, -0.1) is 0 Å². The zero-order valence-corrected chi connectivity index (χ0v) is 12.8. The molecule has 2 atom stereocenters. The van der Waals surface area contributed by atoms with Crippen molar-refractivity contribution in [3.05, 3.63) is 41.2 Å². The van der Waals surface area contributed by atoms with E-state index in [0.717, 1.165) is 5.56 Å². The van der Waals surface area contributed by atoms with Crippen molar-refractivity contribution in [3.8, 4) is 0 Å². The van der Waals surface area contributed by atoms with Crippen LogP contribution in [-0.4, -0.2) is 5.91 Å². The molecule has 1 fully saturated rings. The van der Waals surface area contributed by atoms with Gasteiger partial charge in [-0.05, 0) is 49.8 Å². The molecular weight excluding hydrogens is 253 g/mol. The number of nitrogens with one attached hydrogen (secondary N) is 1. The zero-order chi connectivity index (χ0) is 15.1. The van der Waals surface area contributed by atoms with Gasteiger partial charge in [0.25, 0.3) is 0 Å². The zero-order valence-electron chi connectivity index (χ0n) is 12.8. The van der Waals surface area contributed by atoms with Gasteiger partial charge in [-0.25, -0.2) is 4.39 Å². The van der Waals surface area contributed by atoms with Crippen LogP contribution in [0.4, 0.5) is 10.1 Å². The molecule has 2 unspecified atom stereocenters. The molecule has 3 heteroatoms. The lowest BCUT2D eigenvalue weighted by atomic mass is 10.1. The second-order valence-electron chi connectivity index (χ2n) is 6.52. The number of carbonyl (C=O) groups is 1. The van der Waals surface area contributed by atoms with Gasteiger partial charge in [0.05, 0.1) is 5.92 Å². The fourth-order valence-electron chi connectivity index (χ4n) is 2.79. The van der Waals surface area contributed by atoms with Crippen LogP contribution in [0.25, 0.3) is 0 Å². The van der Waals surface area contributed by atoms with Crippen LogP contribution in [0.3, 0.4) is 0 Å². The molecule has 0 spiro atoms. The largest absolute Gasteiger partial charge is 0.325 e.